The Labute approximate surface area is 153 Å². The van der Waals surface area contributed by atoms with Crippen LogP contribution in [0.5, 0.6) is 0 Å². The van der Waals surface area contributed by atoms with Crippen molar-refractivity contribution in [2.24, 2.45) is 0 Å². The minimum Gasteiger partial charge on any atom is -0.295 e. The fourth-order valence-corrected chi connectivity index (χ4v) is 4.69. The monoisotopic (exact) mass is 373 g/mol. The van der Waals surface area contributed by atoms with Crippen molar-refractivity contribution in [3.8, 4) is 0 Å². The molecular formula is C20H20FNO3S. The van der Waals surface area contributed by atoms with Crippen molar-refractivity contribution < 1.29 is 17.6 Å². The first kappa shape index (κ1) is 18.5. The van der Waals surface area contributed by atoms with Crippen LogP contribution in [-0.2, 0) is 14.8 Å². The molecule has 0 aromatic heterocycles. The first-order chi connectivity index (χ1) is 12.3. The van der Waals surface area contributed by atoms with Gasteiger partial charge in [0.25, 0.3) is 0 Å². The van der Waals surface area contributed by atoms with Crippen LogP contribution in [0.2, 0.25) is 0 Å². The molecule has 136 valence electrons. The number of Topliss-reactive ketones (excluding diaryl/α,β-unsaturated/α-hetero) is 1. The van der Waals surface area contributed by atoms with E-state index < -0.39 is 21.9 Å². The van der Waals surface area contributed by atoms with Gasteiger partial charge < -0.3 is 0 Å². The maximum Gasteiger partial charge on any atom is 0.243 e. The molecule has 1 aliphatic rings. The second kappa shape index (κ2) is 7.13. The minimum atomic E-state index is -3.89. The topological polar surface area (TPSA) is 54.5 Å². The fourth-order valence-electron chi connectivity index (χ4n) is 3.09. The van der Waals surface area contributed by atoms with E-state index in [1.165, 1.54) is 29.4 Å². The van der Waals surface area contributed by atoms with Gasteiger partial charge in [-0.2, -0.15) is 4.31 Å². The van der Waals surface area contributed by atoms with Crippen LogP contribution in [0.15, 0.2) is 65.1 Å². The van der Waals surface area contributed by atoms with Gasteiger partial charge in [0.2, 0.25) is 10.0 Å². The summed E-state index contributed by atoms with van der Waals surface area (Å²) < 4.78 is 42.0. The molecule has 2 aromatic rings. The number of hydrogen-bond donors (Lipinski definition) is 0. The maximum absolute atomic E-state index is 14.3. The molecule has 2 aromatic carbocycles. The minimum absolute atomic E-state index is 0.0649. The van der Waals surface area contributed by atoms with Gasteiger partial charge in [0.15, 0.2) is 5.78 Å². The van der Waals surface area contributed by atoms with Crippen LogP contribution in [0.1, 0.15) is 30.5 Å². The van der Waals surface area contributed by atoms with Gasteiger partial charge >= 0.3 is 0 Å². The molecule has 0 saturated carbocycles. The third-order valence-corrected chi connectivity index (χ3v) is 6.47. The molecule has 0 bridgehead atoms. The van der Waals surface area contributed by atoms with Crippen molar-refractivity contribution in [1.82, 2.24) is 4.31 Å². The van der Waals surface area contributed by atoms with E-state index in [-0.39, 0.29) is 23.6 Å². The smallest absolute Gasteiger partial charge is 0.243 e. The molecule has 4 nitrogen and oxygen atoms in total. The molecule has 26 heavy (non-hydrogen) atoms. The predicted octanol–water partition coefficient (Wildman–Crippen LogP) is 3.79. The molecule has 0 amide bonds. The molecule has 0 saturated heterocycles. The second-order valence-electron chi connectivity index (χ2n) is 6.42. The van der Waals surface area contributed by atoms with E-state index in [1.54, 1.807) is 36.4 Å². The van der Waals surface area contributed by atoms with Gasteiger partial charge in [-0.05, 0) is 38.5 Å². The van der Waals surface area contributed by atoms with E-state index in [0.717, 1.165) is 5.56 Å². The lowest BCUT2D eigenvalue weighted by molar-refractivity contribution is -0.113. The molecule has 1 heterocycles. The molecule has 0 fully saturated rings. The van der Waals surface area contributed by atoms with Crippen LogP contribution in [0.4, 0.5) is 4.39 Å². The number of aryl methyl sites for hydroxylation is 1. The van der Waals surface area contributed by atoms with Crippen LogP contribution in [0, 0.1) is 12.7 Å². The van der Waals surface area contributed by atoms with Gasteiger partial charge in [-0.25, -0.2) is 12.8 Å². The third-order valence-electron chi connectivity index (χ3n) is 4.61. The van der Waals surface area contributed by atoms with E-state index >= 15 is 0 Å². The normalized spacial score (nSPS) is 18.4. The van der Waals surface area contributed by atoms with E-state index in [0.29, 0.717) is 11.1 Å². The Bertz CT molecular complexity index is 965. The van der Waals surface area contributed by atoms with Crippen LogP contribution in [0.25, 0.3) is 0 Å². The summed E-state index contributed by atoms with van der Waals surface area (Å²) in [6, 6.07) is 12.0. The summed E-state index contributed by atoms with van der Waals surface area (Å²) in [4.78, 5) is 11.9. The molecule has 0 unspecified atom stereocenters. The lowest BCUT2D eigenvalue weighted by Crippen LogP contribution is -2.40. The average Bonchev–Trinajstić information content (AvgIpc) is 2.62. The van der Waals surface area contributed by atoms with Crippen molar-refractivity contribution in [3.63, 3.8) is 0 Å². The lowest BCUT2D eigenvalue weighted by atomic mass is 9.96. The van der Waals surface area contributed by atoms with Gasteiger partial charge in [0.1, 0.15) is 5.82 Å². The SMILES string of the molecule is CC(=O)C1=CC[C@@H](c2ccccc2F)N(S(=O)(=O)c2ccc(C)cc2)C1. The van der Waals surface area contributed by atoms with E-state index in [9.17, 15) is 17.6 Å². The number of carbonyl (C=O) groups is 1. The quantitative estimate of drug-likeness (QED) is 0.819. The molecule has 1 atom stereocenters. The summed E-state index contributed by atoms with van der Waals surface area (Å²) in [5.41, 5.74) is 1.67. The Kier molecular flexibility index (Phi) is 5.07. The number of benzene rings is 2. The number of halogens is 1. The van der Waals surface area contributed by atoms with Crippen LogP contribution < -0.4 is 0 Å². The molecule has 1 aliphatic heterocycles. The Balaban J connectivity index is 2.10. The van der Waals surface area contributed by atoms with Crippen LogP contribution in [-0.4, -0.2) is 25.1 Å². The molecule has 3 rings (SSSR count). The number of ketones is 1. The number of carbonyl (C=O) groups excluding carboxylic acids is 1. The van der Waals surface area contributed by atoms with Gasteiger partial charge in [0.05, 0.1) is 10.9 Å². The van der Waals surface area contributed by atoms with Crippen molar-refractivity contribution >= 4 is 15.8 Å². The second-order valence-corrected chi connectivity index (χ2v) is 8.31. The average molecular weight is 373 g/mol. The molecule has 6 heteroatoms. The van der Waals surface area contributed by atoms with Crippen molar-refractivity contribution in [2.45, 2.75) is 31.2 Å². The zero-order chi connectivity index (χ0) is 18.9. The van der Waals surface area contributed by atoms with Gasteiger partial charge in [-0.15, -0.1) is 0 Å². The number of rotatable bonds is 4. The predicted molar refractivity (Wildman–Crippen MR) is 97.6 cm³/mol. The number of nitrogens with zero attached hydrogens (tertiary/aromatic N) is 1. The molecule has 0 aliphatic carbocycles. The summed E-state index contributed by atoms with van der Waals surface area (Å²) in [7, 11) is -3.89. The van der Waals surface area contributed by atoms with Gasteiger partial charge in [-0.1, -0.05) is 42.0 Å². The molecule has 0 spiro atoms. The molecule has 0 N–H and O–H groups in total. The summed E-state index contributed by atoms with van der Waals surface area (Å²) in [6.45, 7) is 3.21. The largest absolute Gasteiger partial charge is 0.295 e. The highest BCUT2D eigenvalue weighted by Gasteiger charge is 2.36. The highest BCUT2D eigenvalue weighted by molar-refractivity contribution is 7.89. The standard InChI is InChI=1S/C20H20FNO3S/c1-14-7-10-17(11-8-14)26(24,25)22-13-16(15(2)23)9-12-20(22)18-5-3-4-6-19(18)21/h3-11,20H,12-13H2,1-2H3/t20-/m0/s1. The summed E-state index contributed by atoms with van der Waals surface area (Å²) in [6.07, 6.45) is 1.96. The Morgan fingerprint density at radius 1 is 1.12 bits per heavy atom. The van der Waals surface area contributed by atoms with Crippen molar-refractivity contribution in [2.75, 3.05) is 6.54 Å². The molecule has 0 radical (unpaired) electrons. The fraction of sp³-hybridized carbons (Fsp3) is 0.250. The third kappa shape index (κ3) is 3.48. The highest BCUT2D eigenvalue weighted by atomic mass is 32.2. The maximum atomic E-state index is 14.3. The molecular weight excluding hydrogens is 353 g/mol. The zero-order valence-electron chi connectivity index (χ0n) is 14.6. The zero-order valence-corrected chi connectivity index (χ0v) is 15.5. The van der Waals surface area contributed by atoms with Gasteiger partial charge in [0, 0.05) is 17.7 Å². The Hall–Kier alpha value is -2.31. The van der Waals surface area contributed by atoms with E-state index in [1.807, 2.05) is 6.92 Å². The Morgan fingerprint density at radius 2 is 1.77 bits per heavy atom. The van der Waals surface area contributed by atoms with Crippen molar-refractivity contribution in [1.29, 1.82) is 0 Å². The summed E-state index contributed by atoms with van der Waals surface area (Å²) >= 11 is 0. The first-order valence-electron chi connectivity index (χ1n) is 8.33. The van der Waals surface area contributed by atoms with E-state index in [2.05, 4.69) is 0 Å². The van der Waals surface area contributed by atoms with Crippen LogP contribution >= 0.6 is 0 Å². The highest BCUT2D eigenvalue weighted by Crippen LogP contribution is 2.36. The van der Waals surface area contributed by atoms with Gasteiger partial charge in [-0.3, -0.25) is 4.79 Å². The van der Waals surface area contributed by atoms with Crippen molar-refractivity contribution in [3.05, 3.63) is 77.1 Å². The van der Waals surface area contributed by atoms with Crippen LogP contribution in [0.3, 0.4) is 0 Å². The summed E-state index contributed by atoms with van der Waals surface area (Å²) in [5.74, 6) is -0.637. The lowest BCUT2D eigenvalue weighted by Gasteiger charge is -2.34. The number of sulfonamides is 1. The summed E-state index contributed by atoms with van der Waals surface area (Å²) in [5, 5.41) is 0. The Morgan fingerprint density at radius 3 is 2.38 bits per heavy atom. The number of hydrogen-bond acceptors (Lipinski definition) is 3. The van der Waals surface area contributed by atoms with E-state index in [4.69, 9.17) is 0 Å². The first-order valence-corrected chi connectivity index (χ1v) is 9.77.